The summed E-state index contributed by atoms with van der Waals surface area (Å²) in [5.74, 6) is 0.193. The Bertz CT molecular complexity index is 555. The minimum atomic E-state index is -0.360. The van der Waals surface area contributed by atoms with Crippen molar-refractivity contribution in [1.82, 2.24) is 4.98 Å². The Balaban J connectivity index is 2.55. The van der Waals surface area contributed by atoms with E-state index in [0.717, 1.165) is 0 Å². The van der Waals surface area contributed by atoms with E-state index < -0.39 is 0 Å². The molecule has 88 valence electrons. The monoisotopic (exact) mass is 233 g/mol. The van der Waals surface area contributed by atoms with E-state index in [0.29, 0.717) is 22.7 Å². The summed E-state index contributed by atoms with van der Waals surface area (Å²) in [4.78, 5) is 4.23. The van der Waals surface area contributed by atoms with Gasteiger partial charge in [-0.05, 0) is 31.2 Å². The van der Waals surface area contributed by atoms with E-state index in [4.69, 9.17) is 4.74 Å². The van der Waals surface area contributed by atoms with Crippen LogP contribution in [-0.4, -0.2) is 17.2 Å². The number of methoxy groups -OCH3 is 1. The van der Waals surface area contributed by atoms with Gasteiger partial charge in [0.1, 0.15) is 17.3 Å². The Hall–Kier alpha value is -2.10. The van der Waals surface area contributed by atoms with Gasteiger partial charge in [0.25, 0.3) is 0 Å². The number of aromatic nitrogens is 1. The molecule has 0 fully saturated rings. The molecule has 0 aliphatic carbocycles. The van der Waals surface area contributed by atoms with Crippen LogP contribution in [0.1, 0.15) is 5.69 Å². The zero-order chi connectivity index (χ0) is 12.4. The third-order valence-electron chi connectivity index (χ3n) is 2.50. The summed E-state index contributed by atoms with van der Waals surface area (Å²) in [7, 11) is 1.48. The number of halogens is 1. The molecule has 3 nitrogen and oxygen atoms in total. The van der Waals surface area contributed by atoms with E-state index >= 15 is 0 Å². The zero-order valence-electron chi connectivity index (χ0n) is 9.57. The van der Waals surface area contributed by atoms with Crippen molar-refractivity contribution >= 4 is 0 Å². The lowest BCUT2D eigenvalue weighted by atomic mass is 10.1. The molecule has 0 saturated carbocycles. The second-order valence-corrected chi connectivity index (χ2v) is 3.65. The van der Waals surface area contributed by atoms with Crippen LogP contribution in [0.5, 0.6) is 11.5 Å². The van der Waals surface area contributed by atoms with E-state index in [1.165, 1.54) is 19.2 Å². The molecule has 1 heterocycles. The lowest BCUT2D eigenvalue weighted by Crippen LogP contribution is -1.92. The van der Waals surface area contributed by atoms with Crippen molar-refractivity contribution < 1.29 is 14.2 Å². The summed E-state index contributed by atoms with van der Waals surface area (Å²) in [6, 6.07) is 7.48. The van der Waals surface area contributed by atoms with Crippen LogP contribution >= 0.6 is 0 Å². The smallest absolute Gasteiger partial charge is 0.136 e. The van der Waals surface area contributed by atoms with Gasteiger partial charge < -0.3 is 9.84 Å². The highest BCUT2D eigenvalue weighted by atomic mass is 19.1. The lowest BCUT2D eigenvalue weighted by Gasteiger charge is -2.09. The fraction of sp³-hybridized carbons (Fsp3) is 0.154. The molecule has 0 atom stereocenters. The predicted molar refractivity (Wildman–Crippen MR) is 62.6 cm³/mol. The van der Waals surface area contributed by atoms with Crippen LogP contribution in [0.4, 0.5) is 4.39 Å². The van der Waals surface area contributed by atoms with Gasteiger partial charge >= 0.3 is 0 Å². The molecule has 4 heteroatoms. The normalized spacial score (nSPS) is 10.3. The number of aryl methyl sites for hydroxylation is 1. The Morgan fingerprint density at radius 1 is 1.24 bits per heavy atom. The van der Waals surface area contributed by atoms with Crippen LogP contribution in [0.15, 0.2) is 30.3 Å². The van der Waals surface area contributed by atoms with Crippen molar-refractivity contribution in [2.24, 2.45) is 0 Å². The van der Waals surface area contributed by atoms with Gasteiger partial charge in [0.05, 0.1) is 18.5 Å². The lowest BCUT2D eigenvalue weighted by molar-refractivity contribution is 0.413. The van der Waals surface area contributed by atoms with E-state index in [1.807, 2.05) is 0 Å². The van der Waals surface area contributed by atoms with Gasteiger partial charge in [-0.15, -0.1) is 0 Å². The molecule has 17 heavy (non-hydrogen) atoms. The quantitative estimate of drug-likeness (QED) is 0.867. The number of pyridine rings is 1. The third-order valence-corrected chi connectivity index (χ3v) is 2.50. The second-order valence-electron chi connectivity index (χ2n) is 3.65. The molecule has 0 aliphatic rings. The first-order valence-electron chi connectivity index (χ1n) is 5.12. The minimum absolute atomic E-state index is 0.134. The summed E-state index contributed by atoms with van der Waals surface area (Å²) < 4.78 is 18.2. The van der Waals surface area contributed by atoms with Crippen molar-refractivity contribution in [3.05, 3.63) is 41.8 Å². The maximum absolute atomic E-state index is 13.1. The van der Waals surface area contributed by atoms with Crippen molar-refractivity contribution in [3.8, 4) is 22.8 Å². The molecule has 0 radical (unpaired) electrons. The van der Waals surface area contributed by atoms with Crippen molar-refractivity contribution in [1.29, 1.82) is 0 Å². The Kier molecular flexibility index (Phi) is 2.95. The summed E-state index contributed by atoms with van der Waals surface area (Å²) in [6.07, 6.45) is 0. The van der Waals surface area contributed by atoms with Crippen molar-refractivity contribution in [3.63, 3.8) is 0 Å². The fourth-order valence-electron chi connectivity index (χ4n) is 1.58. The molecular formula is C13H12FNO2. The molecule has 0 spiro atoms. The van der Waals surface area contributed by atoms with Crippen LogP contribution in [-0.2, 0) is 0 Å². The highest BCUT2D eigenvalue weighted by Crippen LogP contribution is 2.30. The van der Waals surface area contributed by atoms with E-state index in [9.17, 15) is 9.50 Å². The summed E-state index contributed by atoms with van der Waals surface area (Å²) in [5.41, 5.74) is 1.85. The molecule has 1 N–H and O–H groups in total. The molecule has 0 aliphatic heterocycles. The Morgan fingerprint density at radius 3 is 2.65 bits per heavy atom. The minimum Gasteiger partial charge on any atom is -0.506 e. The average molecular weight is 233 g/mol. The third kappa shape index (κ3) is 2.20. The number of ether oxygens (including phenoxy) is 1. The first kappa shape index (κ1) is 11.4. The SMILES string of the molecule is COc1cc(F)ccc1-c1ccc(O)c(C)n1. The maximum Gasteiger partial charge on any atom is 0.136 e. The molecule has 0 bridgehead atoms. The number of aromatic hydroxyl groups is 1. The van der Waals surface area contributed by atoms with Gasteiger partial charge in [0.15, 0.2) is 0 Å². The number of benzene rings is 1. The maximum atomic E-state index is 13.1. The van der Waals surface area contributed by atoms with E-state index in [2.05, 4.69) is 4.98 Å². The number of hydrogen-bond acceptors (Lipinski definition) is 3. The molecule has 0 amide bonds. The molecule has 2 rings (SSSR count). The van der Waals surface area contributed by atoms with Gasteiger partial charge in [0.2, 0.25) is 0 Å². The number of nitrogens with zero attached hydrogens (tertiary/aromatic N) is 1. The number of hydrogen-bond donors (Lipinski definition) is 1. The van der Waals surface area contributed by atoms with Gasteiger partial charge in [-0.3, -0.25) is 0 Å². The Morgan fingerprint density at radius 2 is 2.00 bits per heavy atom. The predicted octanol–water partition coefficient (Wildman–Crippen LogP) is 2.91. The fourth-order valence-corrected chi connectivity index (χ4v) is 1.58. The summed E-state index contributed by atoms with van der Waals surface area (Å²) >= 11 is 0. The largest absolute Gasteiger partial charge is 0.506 e. The molecule has 0 saturated heterocycles. The first-order chi connectivity index (χ1) is 8.11. The van der Waals surface area contributed by atoms with Crippen LogP contribution in [0.3, 0.4) is 0 Å². The van der Waals surface area contributed by atoms with Gasteiger partial charge in [-0.25, -0.2) is 9.37 Å². The highest BCUT2D eigenvalue weighted by Gasteiger charge is 2.09. The molecule has 1 aromatic carbocycles. The van der Waals surface area contributed by atoms with Crippen LogP contribution in [0, 0.1) is 12.7 Å². The van der Waals surface area contributed by atoms with E-state index in [1.54, 1.807) is 25.1 Å². The molecule has 1 aromatic heterocycles. The average Bonchev–Trinajstić information content (AvgIpc) is 2.32. The summed E-state index contributed by atoms with van der Waals surface area (Å²) in [6.45, 7) is 1.70. The molecule has 0 unspecified atom stereocenters. The number of rotatable bonds is 2. The molecular weight excluding hydrogens is 221 g/mol. The van der Waals surface area contributed by atoms with Gasteiger partial charge in [-0.2, -0.15) is 0 Å². The van der Waals surface area contributed by atoms with Crippen LogP contribution in [0.2, 0.25) is 0 Å². The van der Waals surface area contributed by atoms with Gasteiger partial charge in [-0.1, -0.05) is 0 Å². The second kappa shape index (κ2) is 4.41. The molecule has 2 aromatic rings. The topological polar surface area (TPSA) is 42.4 Å². The van der Waals surface area contributed by atoms with Crippen LogP contribution in [0.25, 0.3) is 11.3 Å². The first-order valence-corrected chi connectivity index (χ1v) is 5.12. The highest BCUT2D eigenvalue weighted by molar-refractivity contribution is 5.67. The zero-order valence-corrected chi connectivity index (χ0v) is 9.57. The summed E-state index contributed by atoms with van der Waals surface area (Å²) in [5, 5.41) is 9.41. The van der Waals surface area contributed by atoms with E-state index in [-0.39, 0.29) is 11.6 Å². The van der Waals surface area contributed by atoms with Crippen molar-refractivity contribution in [2.75, 3.05) is 7.11 Å². The Labute approximate surface area is 98.5 Å². The van der Waals surface area contributed by atoms with Gasteiger partial charge in [0, 0.05) is 11.6 Å². The van der Waals surface area contributed by atoms with Crippen LogP contribution < -0.4 is 4.74 Å². The standard InChI is InChI=1S/C13H12FNO2/c1-8-12(16)6-5-11(15-8)10-4-3-9(14)7-13(10)17-2/h3-7,16H,1-2H3. The van der Waals surface area contributed by atoms with Crippen molar-refractivity contribution in [2.45, 2.75) is 6.92 Å².